The van der Waals surface area contributed by atoms with Crippen molar-refractivity contribution >= 4 is 27.3 Å². The van der Waals surface area contributed by atoms with Crippen molar-refractivity contribution in [2.75, 3.05) is 13.1 Å². The van der Waals surface area contributed by atoms with Crippen LogP contribution in [-0.2, 0) is 6.42 Å². The minimum Gasteiger partial charge on any atom is -0.441 e. The molecule has 0 saturated carbocycles. The fourth-order valence-electron chi connectivity index (χ4n) is 1.58. The largest absolute Gasteiger partial charge is 0.441 e. The molecule has 98 valence electrons. The van der Waals surface area contributed by atoms with Gasteiger partial charge in [0.2, 0.25) is 0 Å². The third kappa shape index (κ3) is 3.93. The zero-order valence-electron chi connectivity index (χ0n) is 10.6. The molecule has 2 rings (SSSR count). The summed E-state index contributed by atoms with van der Waals surface area (Å²) in [7, 11) is 0. The van der Waals surface area contributed by atoms with E-state index in [1.165, 1.54) is 0 Å². The molecule has 0 saturated heterocycles. The van der Waals surface area contributed by atoms with E-state index in [9.17, 15) is 0 Å². The number of rotatable bonds is 6. The molecule has 0 radical (unpaired) electrons. The fourth-order valence-corrected chi connectivity index (χ4v) is 2.73. The van der Waals surface area contributed by atoms with E-state index in [1.54, 1.807) is 17.5 Å². The lowest BCUT2D eigenvalue weighted by Crippen LogP contribution is -2.22. The summed E-state index contributed by atoms with van der Waals surface area (Å²) in [6, 6.07) is 2.05. The van der Waals surface area contributed by atoms with Gasteiger partial charge in [-0.25, -0.2) is 4.98 Å². The second-order valence-electron chi connectivity index (χ2n) is 4.61. The molecule has 0 atom stereocenters. The lowest BCUT2D eigenvalue weighted by molar-refractivity contribution is 0.483. The molecule has 0 bridgehead atoms. The molecule has 5 heteroatoms. The van der Waals surface area contributed by atoms with Gasteiger partial charge in [-0.15, -0.1) is 11.3 Å². The maximum Gasteiger partial charge on any atom is 0.196 e. The summed E-state index contributed by atoms with van der Waals surface area (Å²) < 4.78 is 6.83. The predicted molar refractivity (Wildman–Crippen MR) is 78.9 cm³/mol. The van der Waals surface area contributed by atoms with Crippen LogP contribution >= 0.6 is 27.3 Å². The maximum absolute atomic E-state index is 5.72. The number of aromatic nitrogens is 1. The van der Waals surface area contributed by atoms with Gasteiger partial charge in [0.05, 0.1) is 9.98 Å². The number of hydrogen-bond acceptors (Lipinski definition) is 4. The summed E-state index contributed by atoms with van der Waals surface area (Å²) in [6.45, 7) is 6.34. The first-order valence-electron chi connectivity index (χ1n) is 6.05. The molecule has 3 nitrogen and oxygen atoms in total. The monoisotopic (exact) mass is 328 g/mol. The van der Waals surface area contributed by atoms with Gasteiger partial charge in [0.15, 0.2) is 11.7 Å². The van der Waals surface area contributed by atoms with Crippen LogP contribution in [-0.4, -0.2) is 18.1 Å². The summed E-state index contributed by atoms with van der Waals surface area (Å²) in [5.74, 6) is 2.31. The Hall–Kier alpha value is -0.650. The second-order valence-corrected chi connectivity index (χ2v) is 6.90. The number of thiophene rings is 1. The van der Waals surface area contributed by atoms with Crippen LogP contribution in [0.25, 0.3) is 11.3 Å². The number of hydrogen-bond donors (Lipinski definition) is 1. The lowest BCUT2D eigenvalue weighted by atomic mass is 10.2. The summed E-state index contributed by atoms with van der Waals surface area (Å²) in [5, 5.41) is 5.44. The summed E-state index contributed by atoms with van der Waals surface area (Å²) in [4.78, 5) is 4.30. The first-order valence-corrected chi connectivity index (χ1v) is 7.72. The van der Waals surface area contributed by atoms with Gasteiger partial charge in [-0.2, -0.15) is 0 Å². The molecular formula is C13H17BrN2OS. The second kappa shape index (κ2) is 6.50. The highest BCUT2D eigenvalue weighted by Gasteiger charge is 2.07. The highest BCUT2D eigenvalue weighted by molar-refractivity contribution is 9.11. The van der Waals surface area contributed by atoms with Gasteiger partial charge >= 0.3 is 0 Å². The Bertz CT molecular complexity index is 493. The molecular weight excluding hydrogens is 312 g/mol. The number of oxazole rings is 1. The Balaban J connectivity index is 1.86. The molecule has 2 aromatic heterocycles. The van der Waals surface area contributed by atoms with Crippen LogP contribution in [0.15, 0.2) is 25.8 Å². The van der Waals surface area contributed by atoms with E-state index in [0.29, 0.717) is 5.92 Å². The molecule has 0 aliphatic carbocycles. The van der Waals surface area contributed by atoms with Crippen LogP contribution in [0.5, 0.6) is 0 Å². The van der Waals surface area contributed by atoms with Crippen LogP contribution < -0.4 is 5.32 Å². The van der Waals surface area contributed by atoms with Crippen molar-refractivity contribution < 1.29 is 4.42 Å². The van der Waals surface area contributed by atoms with Crippen molar-refractivity contribution in [2.24, 2.45) is 5.92 Å². The van der Waals surface area contributed by atoms with E-state index < -0.39 is 0 Å². The topological polar surface area (TPSA) is 38.1 Å². The van der Waals surface area contributed by atoms with Crippen molar-refractivity contribution in [1.29, 1.82) is 0 Å². The normalized spacial score (nSPS) is 11.3. The quantitative estimate of drug-likeness (QED) is 0.816. The van der Waals surface area contributed by atoms with Gasteiger partial charge in [-0.1, -0.05) is 13.8 Å². The van der Waals surface area contributed by atoms with E-state index in [4.69, 9.17) is 4.42 Å². The molecule has 0 aromatic carbocycles. The van der Waals surface area contributed by atoms with Crippen LogP contribution in [0.3, 0.4) is 0 Å². The van der Waals surface area contributed by atoms with Crippen molar-refractivity contribution in [3.63, 3.8) is 0 Å². The SMILES string of the molecule is CC(C)CNCCc1ncc(-c2csc(Br)c2)o1. The van der Waals surface area contributed by atoms with E-state index >= 15 is 0 Å². The average Bonchev–Trinajstić information content (AvgIpc) is 2.93. The summed E-state index contributed by atoms with van der Waals surface area (Å²) in [5.41, 5.74) is 1.08. The third-order valence-corrected chi connectivity index (χ3v) is 3.98. The Morgan fingerprint density at radius 3 is 3.00 bits per heavy atom. The summed E-state index contributed by atoms with van der Waals surface area (Å²) >= 11 is 5.10. The predicted octanol–water partition coefficient (Wildman–Crippen LogP) is 3.95. The van der Waals surface area contributed by atoms with Crippen LogP contribution in [0, 0.1) is 5.92 Å². The minimum absolute atomic E-state index is 0.674. The molecule has 0 amide bonds. The van der Waals surface area contributed by atoms with Gasteiger partial charge < -0.3 is 9.73 Å². The van der Waals surface area contributed by atoms with Crippen LogP contribution in [0.4, 0.5) is 0 Å². The maximum atomic E-state index is 5.72. The molecule has 2 heterocycles. The standard InChI is InChI=1S/C13H17BrN2OS/c1-9(2)6-15-4-3-13-16-7-11(17-13)10-5-12(14)18-8-10/h5,7-9,15H,3-4,6H2,1-2H3. The van der Waals surface area contributed by atoms with Gasteiger partial charge in [-0.3, -0.25) is 0 Å². The lowest BCUT2D eigenvalue weighted by Gasteiger charge is -2.05. The molecule has 0 aliphatic heterocycles. The number of nitrogens with zero attached hydrogens (tertiary/aromatic N) is 1. The zero-order chi connectivity index (χ0) is 13.0. The highest BCUT2D eigenvalue weighted by Crippen LogP contribution is 2.29. The van der Waals surface area contributed by atoms with E-state index in [-0.39, 0.29) is 0 Å². The van der Waals surface area contributed by atoms with Gasteiger partial charge in [0.1, 0.15) is 0 Å². The molecule has 0 aliphatic rings. The van der Waals surface area contributed by atoms with Crippen molar-refractivity contribution in [3.05, 3.63) is 27.3 Å². The molecule has 0 fully saturated rings. The zero-order valence-corrected chi connectivity index (χ0v) is 13.0. The van der Waals surface area contributed by atoms with Gasteiger partial charge in [0.25, 0.3) is 0 Å². The van der Waals surface area contributed by atoms with Crippen molar-refractivity contribution in [2.45, 2.75) is 20.3 Å². The first kappa shape index (κ1) is 13.8. The summed E-state index contributed by atoms with van der Waals surface area (Å²) in [6.07, 6.45) is 2.63. The number of nitrogens with one attached hydrogen (secondary N) is 1. The van der Waals surface area contributed by atoms with E-state index in [2.05, 4.69) is 45.5 Å². The van der Waals surface area contributed by atoms with E-state index in [1.807, 2.05) is 6.07 Å². The van der Waals surface area contributed by atoms with Crippen LogP contribution in [0.1, 0.15) is 19.7 Å². The van der Waals surface area contributed by atoms with Gasteiger partial charge in [-0.05, 0) is 34.5 Å². The third-order valence-electron chi connectivity index (χ3n) is 2.47. The Morgan fingerprint density at radius 1 is 1.50 bits per heavy atom. The first-order chi connectivity index (χ1) is 8.65. The number of halogens is 1. The Morgan fingerprint density at radius 2 is 2.33 bits per heavy atom. The Kier molecular flexibility index (Phi) is 4.97. The van der Waals surface area contributed by atoms with Crippen molar-refractivity contribution in [1.82, 2.24) is 10.3 Å². The molecule has 1 N–H and O–H groups in total. The van der Waals surface area contributed by atoms with Crippen molar-refractivity contribution in [3.8, 4) is 11.3 Å². The molecule has 0 spiro atoms. The Labute approximate surface area is 120 Å². The molecule has 18 heavy (non-hydrogen) atoms. The van der Waals surface area contributed by atoms with Crippen LogP contribution in [0.2, 0.25) is 0 Å². The van der Waals surface area contributed by atoms with E-state index in [0.717, 1.165) is 40.5 Å². The van der Waals surface area contributed by atoms with Gasteiger partial charge in [0, 0.05) is 23.9 Å². The molecule has 2 aromatic rings. The smallest absolute Gasteiger partial charge is 0.196 e. The molecule has 0 unspecified atom stereocenters. The average molecular weight is 329 g/mol. The minimum atomic E-state index is 0.674. The fraction of sp³-hybridized carbons (Fsp3) is 0.462. The highest BCUT2D eigenvalue weighted by atomic mass is 79.9.